The van der Waals surface area contributed by atoms with Crippen molar-refractivity contribution in [2.24, 2.45) is 23.7 Å². The lowest BCUT2D eigenvalue weighted by atomic mass is 9.79. The Morgan fingerprint density at radius 2 is 1.95 bits per heavy atom. The summed E-state index contributed by atoms with van der Waals surface area (Å²) in [7, 11) is 1.67. The van der Waals surface area contributed by atoms with Crippen LogP contribution in [0.5, 0.6) is 0 Å². The van der Waals surface area contributed by atoms with Crippen molar-refractivity contribution < 1.29 is 19.4 Å². The molecule has 2 bridgehead atoms. The molecule has 5 nitrogen and oxygen atoms in total. The second kappa shape index (κ2) is 4.88. The minimum absolute atomic E-state index is 0.0216. The maximum absolute atomic E-state index is 12.4. The number of methoxy groups -OCH3 is 1. The Morgan fingerprint density at radius 3 is 2.45 bits per heavy atom. The zero-order valence-electron chi connectivity index (χ0n) is 11.7. The van der Waals surface area contributed by atoms with E-state index in [9.17, 15) is 14.7 Å². The normalized spacial score (nSPS) is 36.6. The molecule has 0 aliphatic heterocycles. The van der Waals surface area contributed by atoms with Crippen LogP contribution in [0.4, 0.5) is 0 Å². The van der Waals surface area contributed by atoms with Crippen LogP contribution >= 0.6 is 0 Å². The van der Waals surface area contributed by atoms with Gasteiger partial charge in [-0.05, 0) is 37.5 Å². The molecule has 0 aromatic carbocycles. The van der Waals surface area contributed by atoms with E-state index in [-0.39, 0.29) is 23.3 Å². The largest absolute Gasteiger partial charge is 0.481 e. The number of hydrogen-bond acceptors (Lipinski definition) is 3. The molecule has 0 saturated heterocycles. The fraction of sp³-hybridized carbons (Fsp3) is 0.733. The molecule has 2 saturated carbocycles. The molecule has 4 atom stereocenters. The van der Waals surface area contributed by atoms with E-state index in [1.807, 2.05) is 12.2 Å². The third-order valence-electron chi connectivity index (χ3n) is 5.33. The number of carboxylic acids is 1. The smallest absolute Gasteiger partial charge is 0.307 e. The first-order chi connectivity index (χ1) is 9.56. The molecule has 0 spiro atoms. The highest BCUT2D eigenvalue weighted by molar-refractivity contribution is 5.86. The number of allylic oxidation sites excluding steroid dienone is 2. The third-order valence-corrected chi connectivity index (χ3v) is 5.33. The summed E-state index contributed by atoms with van der Waals surface area (Å²) in [5.74, 6) is -1.86. The molecule has 3 aliphatic rings. The molecular formula is C15H21NO4. The molecule has 110 valence electrons. The number of carboxylic acid groups (broad SMARTS) is 1. The quantitative estimate of drug-likeness (QED) is 0.741. The summed E-state index contributed by atoms with van der Waals surface area (Å²) in [5, 5.41) is 12.3. The zero-order valence-corrected chi connectivity index (χ0v) is 11.7. The number of carbonyl (C=O) groups is 2. The number of hydrogen-bond donors (Lipinski definition) is 2. The number of ether oxygens (including phenoxy) is 1. The minimum Gasteiger partial charge on any atom is -0.481 e. The van der Waals surface area contributed by atoms with Crippen LogP contribution in [0.3, 0.4) is 0 Å². The Bertz CT molecular complexity index is 449. The van der Waals surface area contributed by atoms with Gasteiger partial charge in [0.25, 0.3) is 0 Å². The molecule has 3 rings (SSSR count). The number of nitrogens with one attached hydrogen (secondary N) is 1. The monoisotopic (exact) mass is 279 g/mol. The maximum Gasteiger partial charge on any atom is 0.307 e. The van der Waals surface area contributed by atoms with Crippen molar-refractivity contribution in [3.8, 4) is 0 Å². The van der Waals surface area contributed by atoms with E-state index in [1.165, 1.54) is 0 Å². The second-order valence-electron chi connectivity index (χ2n) is 6.30. The van der Waals surface area contributed by atoms with Crippen LogP contribution in [0.25, 0.3) is 0 Å². The zero-order chi connectivity index (χ0) is 14.3. The SMILES string of the molecule is COC1(CNC(=O)[C@H]2C3C=CC(C3)[C@H]2C(=O)O)CCC1. The molecule has 0 heterocycles. The van der Waals surface area contributed by atoms with Gasteiger partial charge in [0, 0.05) is 13.7 Å². The van der Waals surface area contributed by atoms with Crippen LogP contribution in [0.1, 0.15) is 25.7 Å². The van der Waals surface area contributed by atoms with Gasteiger partial charge in [-0.3, -0.25) is 9.59 Å². The summed E-state index contributed by atoms with van der Waals surface area (Å²) in [6.45, 7) is 0.492. The van der Waals surface area contributed by atoms with Gasteiger partial charge in [-0.15, -0.1) is 0 Å². The minimum atomic E-state index is -0.855. The van der Waals surface area contributed by atoms with Crippen molar-refractivity contribution in [2.75, 3.05) is 13.7 Å². The van der Waals surface area contributed by atoms with Crippen LogP contribution in [-0.4, -0.2) is 36.2 Å². The average Bonchev–Trinajstić information content (AvgIpc) is 2.97. The first-order valence-corrected chi connectivity index (χ1v) is 7.30. The van der Waals surface area contributed by atoms with E-state index in [0.717, 1.165) is 25.7 Å². The van der Waals surface area contributed by atoms with E-state index < -0.39 is 17.8 Å². The van der Waals surface area contributed by atoms with Crippen molar-refractivity contribution in [1.29, 1.82) is 0 Å². The highest BCUT2D eigenvalue weighted by Crippen LogP contribution is 2.48. The second-order valence-corrected chi connectivity index (χ2v) is 6.30. The van der Waals surface area contributed by atoms with Gasteiger partial charge in [0.05, 0.1) is 17.4 Å². The van der Waals surface area contributed by atoms with Crippen molar-refractivity contribution in [3.05, 3.63) is 12.2 Å². The molecule has 2 fully saturated rings. The molecule has 2 N–H and O–H groups in total. The first kappa shape index (κ1) is 13.6. The van der Waals surface area contributed by atoms with E-state index in [4.69, 9.17) is 4.74 Å². The van der Waals surface area contributed by atoms with Gasteiger partial charge in [-0.25, -0.2) is 0 Å². The van der Waals surface area contributed by atoms with Crippen molar-refractivity contribution in [2.45, 2.75) is 31.3 Å². The molecule has 20 heavy (non-hydrogen) atoms. The van der Waals surface area contributed by atoms with E-state index in [1.54, 1.807) is 7.11 Å². The third kappa shape index (κ3) is 2.04. The molecule has 0 aromatic rings. The fourth-order valence-corrected chi connectivity index (χ4v) is 3.91. The summed E-state index contributed by atoms with van der Waals surface area (Å²) >= 11 is 0. The number of fused-ring (bicyclic) bond motifs is 2. The van der Waals surface area contributed by atoms with Gasteiger partial charge < -0.3 is 15.2 Å². The van der Waals surface area contributed by atoms with Crippen LogP contribution in [0, 0.1) is 23.7 Å². The maximum atomic E-state index is 12.4. The predicted molar refractivity (Wildman–Crippen MR) is 72.0 cm³/mol. The van der Waals surface area contributed by atoms with E-state index in [2.05, 4.69) is 5.32 Å². The summed E-state index contributed by atoms with van der Waals surface area (Å²) in [6, 6.07) is 0. The van der Waals surface area contributed by atoms with Gasteiger partial charge in [-0.1, -0.05) is 12.2 Å². The summed E-state index contributed by atoms with van der Waals surface area (Å²) in [6.07, 6.45) is 7.80. The average molecular weight is 279 g/mol. The highest BCUT2D eigenvalue weighted by Gasteiger charge is 2.52. The van der Waals surface area contributed by atoms with Gasteiger partial charge in [0.1, 0.15) is 0 Å². The number of rotatable bonds is 5. The summed E-state index contributed by atoms with van der Waals surface area (Å²) in [5.41, 5.74) is -0.220. The molecule has 2 unspecified atom stereocenters. The highest BCUT2D eigenvalue weighted by atomic mass is 16.5. The van der Waals surface area contributed by atoms with Gasteiger partial charge in [0.15, 0.2) is 0 Å². The van der Waals surface area contributed by atoms with Crippen molar-refractivity contribution >= 4 is 11.9 Å². The molecule has 1 amide bonds. The van der Waals surface area contributed by atoms with Gasteiger partial charge in [-0.2, -0.15) is 0 Å². The number of aliphatic carboxylic acids is 1. The van der Waals surface area contributed by atoms with Crippen LogP contribution < -0.4 is 5.32 Å². The molecular weight excluding hydrogens is 258 g/mol. The summed E-state index contributed by atoms with van der Waals surface area (Å²) < 4.78 is 5.48. The topological polar surface area (TPSA) is 75.6 Å². The van der Waals surface area contributed by atoms with E-state index >= 15 is 0 Å². The van der Waals surface area contributed by atoms with E-state index in [0.29, 0.717) is 6.54 Å². The lowest BCUT2D eigenvalue weighted by Gasteiger charge is -2.41. The van der Waals surface area contributed by atoms with Crippen LogP contribution in [0.2, 0.25) is 0 Å². The Hall–Kier alpha value is -1.36. The Balaban J connectivity index is 1.64. The Labute approximate surface area is 118 Å². The van der Waals surface area contributed by atoms with Crippen molar-refractivity contribution in [3.63, 3.8) is 0 Å². The van der Waals surface area contributed by atoms with Gasteiger partial charge >= 0.3 is 5.97 Å². The van der Waals surface area contributed by atoms with Gasteiger partial charge in [0.2, 0.25) is 5.91 Å². The summed E-state index contributed by atoms with van der Waals surface area (Å²) in [4.78, 5) is 23.8. The fourth-order valence-electron chi connectivity index (χ4n) is 3.91. The van der Waals surface area contributed by atoms with Crippen LogP contribution in [0.15, 0.2) is 12.2 Å². The van der Waals surface area contributed by atoms with Crippen molar-refractivity contribution in [1.82, 2.24) is 5.32 Å². The molecule has 0 aromatic heterocycles. The molecule has 5 heteroatoms. The molecule has 0 radical (unpaired) electrons. The first-order valence-electron chi connectivity index (χ1n) is 7.30. The Kier molecular flexibility index (Phi) is 3.32. The standard InChI is InChI=1S/C15H21NO4/c1-20-15(5-2-6-15)8-16-13(17)11-9-3-4-10(7-9)12(11)14(18)19/h3-4,9-12H,2,5-8H2,1H3,(H,16,17)(H,18,19)/t9?,10?,11-,12+/m0/s1. The number of carbonyl (C=O) groups excluding carboxylic acids is 1. The lowest BCUT2D eigenvalue weighted by molar-refractivity contribution is -0.148. The number of amides is 1. The molecule has 3 aliphatic carbocycles. The Morgan fingerprint density at radius 1 is 1.30 bits per heavy atom. The predicted octanol–water partition coefficient (Wildman–Crippen LogP) is 1.19. The lowest BCUT2D eigenvalue weighted by Crippen LogP contribution is -2.51. The van der Waals surface area contributed by atoms with Crippen LogP contribution in [-0.2, 0) is 14.3 Å².